The Bertz CT molecular complexity index is 604. The Labute approximate surface area is 148 Å². The Hall–Kier alpha value is -2.57. The van der Waals surface area contributed by atoms with Crippen molar-refractivity contribution in [3.05, 3.63) is 29.8 Å². The molecule has 0 atom stereocenters. The summed E-state index contributed by atoms with van der Waals surface area (Å²) >= 11 is 0. The predicted octanol–water partition coefficient (Wildman–Crippen LogP) is 2.64. The van der Waals surface area contributed by atoms with E-state index in [-0.39, 0.29) is 12.3 Å². The first-order valence-corrected chi connectivity index (χ1v) is 8.11. The number of carbonyl (C=O) groups excluding carboxylic acids is 2. The van der Waals surface area contributed by atoms with Gasteiger partial charge in [0.2, 0.25) is 5.91 Å². The molecule has 138 valence electrons. The molecule has 0 heterocycles. The van der Waals surface area contributed by atoms with Crippen LogP contribution in [0.15, 0.2) is 29.4 Å². The highest BCUT2D eigenvalue weighted by atomic mass is 16.6. The molecule has 0 radical (unpaired) electrons. The van der Waals surface area contributed by atoms with Crippen LogP contribution in [0.5, 0.6) is 5.75 Å². The molecule has 0 spiro atoms. The maximum atomic E-state index is 11.9. The number of benzene rings is 1. The number of methoxy groups -OCH3 is 1. The average Bonchev–Trinajstić information content (AvgIpc) is 2.52. The van der Waals surface area contributed by atoms with Crippen LogP contribution in [0, 0.1) is 0 Å². The maximum Gasteiger partial charge on any atom is 0.428 e. The van der Waals surface area contributed by atoms with Gasteiger partial charge in [0.1, 0.15) is 11.4 Å². The van der Waals surface area contributed by atoms with Crippen LogP contribution in [-0.2, 0) is 16.0 Å². The lowest BCUT2D eigenvalue weighted by Crippen LogP contribution is -2.31. The van der Waals surface area contributed by atoms with E-state index in [4.69, 9.17) is 9.47 Å². The topological polar surface area (TPSA) is 89.0 Å². The van der Waals surface area contributed by atoms with Gasteiger partial charge in [-0.3, -0.25) is 4.79 Å². The van der Waals surface area contributed by atoms with Crippen LogP contribution in [0.25, 0.3) is 0 Å². The Kier molecular flexibility index (Phi) is 7.91. The van der Waals surface area contributed by atoms with Gasteiger partial charge in [-0.05, 0) is 51.8 Å². The minimum absolute atomic E-state index is 0.110. The van der Waals surface area contributed by atoms with Crippen LogP contribution in [0.2, 0.25) is 0 Å². The molecule has 0 aliphatic carbocycles. The standard InChI is InChI=1S/C18H27N3O4/c1-13(20-21-17(23)25-18(2,3)4)12-16(22)19-11-10-14-6-8-15(24-5)9-7-14/h6-9H,10-12H2,1-5H3,(H,19,22)(H,21,23)/b20-13-. The van der Waals surface area contributed by atoms with Crippen molar-refractivity contribution in [2.24, 2.45) is 5.10 Å². The van der Waals surface area contributed by atoms with Gasteiger partial charge in [0, 0.05) is 12.3 Å². The summed E-state index contributed by atoms with van der Waals surface area (Å²) < 4.78 is 10.2. The molecule has 0 fully saturated rings. The van der Waals surface area contributed by atoms with Crippen molar-refractivity contribution >= 4 is 17.7 Å². The summed E-state index contributed by atoms with van der Waals surface area (Å²) in [6.07, 6.45) is 0.187. The zero-order valence-corrected chi connectivity index (χ0v) is 15.5. The van der Waals surface area contributed by atoms with Crippen LogP contribution in [0.3, 0.4) is 0 Å². The number of hydrazone groups is 1. The van der Waals surface area contributed by atoms with E-state index in [9.17, 15) is 9.59 Å². The monoisotopic (exact) mass is 349 g/mol. The van der Waals surface area contributed by atoms with Gasteiger partial charge in [0.15, 0.2) is 0 Å². The lowest BCUT2D eigenvalue weighted by atomic mass is 10.1. The SMILES string of the molecule is COc1ccc(CCNC(=O)C/C(C)=N\NC(=O)OC(C)(C)C)cc1. The molecule has 0 aromatic heterocycles. The third kappa shape index (κ3) is 9.34. The summed E-state index contributed by atoms with van der Waals surface area (Å²) in [5.74, 6) is 0.651. The summed E-state index contributed by atoms with van der Waals surface area (Å²) in [6.45, 7) is 7.48. The van der Waals surface area contributed by atoms with E-state index in [0.29, 0.717) is 12.3 Å². The van der Waals surface area contributed by atoms with E-state index in [2.05, 4.69) is 15.8 Å². The molecule has 0 aliphatic rings. The first-order valence-electron chi connectivity index (χ1n) is 8.11. The molecule has 0 saturated carbocycles. The molecule has 0 unspecified atom stereocenters. The summed E-state index contributed by atoms with van der Waals surface area (Å²) in [7, 11) is 1.62. The van der Waals surface area contributed by atoms with Gasteiger partial charge >= 0.3 is 6.09 Å². The van der Waals surface area contributed by atoms with Gasteiger partial charge in [-0.2, -0.15) is 5.10 Å². The Morgan fingerprint density at radius 3 is 2.36 bits per heavy atom. The van der Waals surface area contributed by atoms with Crippen molar-refractivity contribution in [1.82, 2.24) is 10.7 Å². The minimum Gasteiger partial charge on any atom is -0.497 e. The van der Waals surface area contributed by atoms with Crippen LogP contribution in [-0.4, -0.2) is 37.0 Å². The first-order chi connectivity index (χ1) is 11.7. The van der Waals surface area contributed by atoms with Gasteiger partial charge in [-0.15, -0.1) is 0 Å². The van der Waals surface area contributed by atoms with E-state index < -0.39 is 11.7 Å². The lowest BCUT2D eigenvalue weighted by Gasteiger charge is -2.18. The summed E-state index contributed by atoms with van der Waals surface area (Å²) in [5.41, 5.74) is 3.28. The van der Waals surface area contributed by atoms with E-state index in [1.165, 1.54) is 0 Å². The highest BCUT2D eigenvalue weighted by molar-refractivity contribution is 6.00. The fourth-order valence-electron chi connectivity index (χ4n) is 1.91. The third-order valence-electron chi connectivity index (χ3n) is 3.05. The zero-order chi connectivity index (χ0) is 18.9. The average molecular weight is 349 g/mol. The fraction of sp³-hybridized carbons (Fsp3) is 0.500. The Morgan fingerprint density at radius 1 is 1.16 bits per heavy atom. The highest BCUT2D eigenvalue weighted by Crippen LogP contribution is 2.11. The molecule has 1 aromatic carbocycles. The first kappa shape index (κ1) is 20.5. The predicted molar refractivity (Wildman–Crippen MR) is 96.8 cm³/mol. The normalized spacial score (nSPS) is 11.6. The van der Waals surface area contributed by atoms with Gasteiger partial charge in [0.25, 0.3) is 0 Å². The summed E-state index contributed by atoms with van der Waals surface area (Å²) in [4.78, 5) is 23.3. The minimum atomic E-state index is -0.647. The number of rotatable bonds is 7. The number of nitrogens with one attached hydrogen (secondary N) is 2. The molecule has 2 N–H and O–H groups in total. The molecule has 0 bridgehead atoms. The molecular formula is C18H27N3O4. The van der Waals surface area contributed by atoms with Gasteiger partial charge in [0.05, 0.1) is 13.5 Å². The Balaban J connectivity index is 2.30. The molecule has 7 heteroatoms. The fourth-order valence-corrected chi connectivity index (χ4v) is 1.91. The van der Waals surface area contributed by atoms with Crippen LogP contribution < -0.4 is 15.5 Å². The number of hydrogen-bond acceptors (Lipinski definition) is 5. The second-order valence-electron chi connectivity index (χ2n) is 6.59. The van der Waals surface area contributed by atoms with E-state index in [1.807, 2.05) is 24.3 Å². The highest BCUT2D eigenvalue weighted by Gasteiger charge is 2.15. The number of ether oxygens (including phenoxy) is 2. The molecular weight excluding hydrogens is 322 g/mol. The summed E-state index contributed by atoms with van der Waals surface area (Å²) in [5, 5.41) is 6.67. The van der Waals surface area contributed by atoms with Crippen LogP contribution in [0.4, 0.5) is 4.79 Å². The van der Waals surface area contributed by atoms with Crippen LogP contribution >= 0.6 is 0 Å². The molecule has 0 aliphatic heterocycles. The molecule has 25 heavy (non-hydrogen) atoms. The third-order valence-corrected chi connectivity index (χ3v) is 3.05. The van der Waals surface area contributed by atoms with Crippen molar-refractivity contribution in [2.45, 2.75) is 46.1 Å². The van der Waals surface area contributed by atoms with Gasteiger partial charge in [-0.25, -0.2) is 10.2 Å². The van der Waals surface area contributed by atoms with Gasteiger partial charge in [-0.1, -0.05) is 12.1 Å². The number of amides is 2. The molecule has 0 saturated heterocycles. The largest absolute Gasteiger partial charge is 0.497 e. The van der Waals surface area contributed by atoms with Crippen molar-refractivity contribution in [3.8, 4) is 5.75 Å². The smallest absolute Gasteiger partial charge is 0.428 e. The number of carbonyl (C=O) groups is 2. The second kappa shape index (κ2) is 9.66. The maximum absolute atomic E-state index is 11.9. The number of hydrogen-bond donors (Lipinski definition) is 2. The molecule has 1 rings (SSSR count). The van der Waals surface area contributed by atoms with Gasteiger partial charge < -0.3 is 14.8 Å². The van der Waals surface area contributed by atoms with Crippen molar-refractivity contribution in [1.29, 1.82) is 0 Å². The zero-order valence-electron chi connectivity index (χ0n) is 15.5. The van der Waals surface area contributed by atoms with Crippen molar-refractivity contribution in [2.75, 3.05) is 13.7 Å². The molecule has 1 aromatic rings. The lowest BCUT2D eigenvalue weighted by molar-refractivity contribution is -0.119. The van der Waals surface area contributed by atoms with E-state index >= 15 is 0 Å². The van der Waals surface area contributed by atoms with Crippen molar-refractivity contribution < 1.29 is 19.1 Å². The van der Waals surface area contributed by atoms with E-state index in [0.717, 1.165) is 17.7 Å². The van der Waals surface area contributed by atoms with Crippen molar-refractivity contribution in [3.63, 3.8) is 0 Å². The quantitative estimate of drug-likeness (QED) is 0.585. The van der Waals surface area contributed by atoms with Crippen LogP contribution in [0.1, 0.15) is 39.7 Å². The second-order valence-corrected chi connectivity index (χ2v) is 6.59. The summed E-state index contributed by atoms with van der Waals surface area (Å²) in [6, 6.07) is 7.69. The molecule has 7 nitrogen and oxygen atoms in total. The Morgan fingerprint density at radius 2 is 1.80 bits per heavy atom. The van der Waals surface area contributed by atoms with E-state index in [1.54, 1.807) is 34.8 Å². The molecule has 2 amide bonds. The number of nitrogens with zero attached hydrogens (tertiary/aromatic N) is 1.